The third-order valence-corrected chi connectivity index (χ3v) is 11.3. The lowest BCUT2D eigenvalue weighted by atomic mass is 10.1. The van der Waals surface area contributed by atoms with Crippen LogP contribution in [0.25, 0.3) is 0 Å². The van der Waals surface area contributed by atoms with E-state index in [9.17, 15) is 55.0 Å². The first kappa shape index (κ1) is 56.5. The Kier molecular flexibility index (Phi) is 23.1. The van der Waals surface area contributed by atoms with Crippen LogP contribution in [0.15, 0.2) is 24.3 Å². The Hall–Kier alpha value is -5.87. The number of unbranched alkanes of at least 4 members (excludes halogenated alkanes) is 1. The van der Waals surface area contributed by atoms with Crippen molar-refractivity contribution < 1.29 is 69.7 Å². The third kappa shape index (κ3) is 18.3. The van der Waals surface area contributed by atoms with Crippen LogP contribution < -0.4 is 36.9 Å². The van der Waals surface area contributed by atoms with E-state index in [1.165, 1.54) is 34.1 Å². The van der Waals surface area contributed by atoms with Gasteiger partial charge in [0.05, 0.1) is 24.4 Å². The summed E-state index contributed by atoms with van der Waals surface area (Å²) in [6, 6.07) is 4.36. The maximum atomic E-state index is 13.6. The van der Waals surface area contributed by atoms with Crippen molar-refractivity contribution in [2.45, 2.75) is 90.2 Å². The number of pyridine rings is 2. The predicted octanol–water partition coefficient (Wildman–Crippen LogP) is -0.159. The normalized spacial score (nSPS) is 16.3. The van der Waals surface area contributed by atoms with E-state index in [0.717, 1.165) is 0 Å². The minimum absolute atomic E-state index is 0.0159. The van der Waals surface area contributed by atoms with E-state index in [2.05, 4.69) is 25.9 Å². The summed E-state index contributed by atoms with van der Waals surface area (Å²) in [6.07, 6.45) is 1.45. The predicted molar refractivity (Wildman–Crippen MR) is 258 cm³/mol. The van der Waals surface area contributed by atoms with Crippen molar-refractivity contribution in [1.82, 2.24) is 46.2 Å². The molecule has 68 heavy (non-hydrogen) atoms. The number of thiocarbonyl (C=S) groups is 2. The maximum absolute atomic E-state index is 13.6. The average molecular weight is 1030 g/mol. The number of aliphatic hydroxyl groups excluding tert-OH is 2. The minimum Gasteiger partial charge on any atom is -0.460 e. The molecule has 0 saturated heterocycles. The van der Waals surface area contributed by atoms with Crippen molar-refractivity contribution >= 4 is 100 Å². The van der Waals surface area contributed by atoms with Gasteiger partial charge in [-0.15, -0.1) is 0 Å². The van der Waals surface area contributed by atoms with Gasteiger partial charge >= 0.3 is 17.9 Å². The van der Waals surface area contributed by atoms with E-state index in [-0.39, 0.29) is 120 Å². The van der Waals surface area contributed by atoms with E-state index in [1.807, 2.05) is 0 Å². The fourth-order valence-electron chi connectivity index (χ4n) is 6.62. The van der Waals surface area contributed by atoms with Crippen LogP contribution in [0, 0.1) is 9.28 Å². The number of hydroxylamine groups is 2. The van der Waals surface area contributed by atoms with Crippen molar-refractivity contribution in [1.29, 1.82) is 0 Å². The van der Waals surface area contributed by atoms with Gasteiger partial charge in [0.1, 0.15) is 33.4 Å². The molecule has 5 amide bonds. The second kappa shape index (κ2) is 27.8. The molecule has 4 bridgehead atoms. The lowest BCUT2D eigenvalue weighted by Gasteiger charge is -2.25. The molecule has 0 radical (unpaired) electrons. The molecule has 0 spiro atoms. The number of carbonyl (C=O) groups is 5. The van der Waals surface area contributed by atoms with E-state index < -0.39 is 53.2 Å². The quantitative estimate of drug-likeness (QED) is 0.0672. The Labute approximate surface area is 413 Å². The molecule has 0 fully saturated rings. The number of amides is 5. The molecule has 23 nitrogen and oxygen atoms in total. The van der Waals surface area contributed by atoms with Crippen LogP contribution in [0.2, 0.25) is 0 Å². The van der Waals surface area contributed by atoms with Crippen molar-refractivity contribution in [3.8, 4) is 0 Å². The molecular weight excluding hydrogens is 967 g/mol. The molecular formula is C41H61N11O12S4+2. The van der Waals surface area contributed by atoms with Crippen LogP contribution >= 0.6 is 48.9 Å². The average Bonchev–Trinajstić information content (AvgIpc) is 3.28. The Morgan fingerprint density at radius 1 is 0.765 bits per heavy atom. The Bertz CT molecular complexity index is 2340. The zero-order chi connectivity index (χ0) is 50.6. The largest absolute Gasteiger partial charge is 0.460 e. The van der Waals surface area contributed by atoms with Crippen LogP contribution in [-0.2, 0) is 14.3 Å². The van der Waals surface area contributed by atoms with Crippen molar-refractivity contribution in [2.75, 3.05) is 52.4 Å². The zero-order valence-corrected chi connectivity index (χ0v) is 41.2. The molecule has 5 heterocycles. The lowest BCUT2D eigenvalue weighted by Crippen LogP contribution is -2.77. The maximum Gasteiger partial charge on any atom is 0.407 e. The lowest BCUT2D eigenvalue weighted by molar-refractivity contribution is -0.469. The van der Waals surface area contributed by atoms with Crippen LogP contribution in [0.1, 0.15) is 111 Å². The van der Waals surface area contributed by atoms with Gasteiger partial charge in [-0.25, -0.2) is 14.8 Å². The molecule has 374 valence electrons. The highest BCUT2D eigenvalue weighted by atomic mass is 32.1. The summed E-state index contributed by atoms with van der Waals surface area (Å²) in [5, 5.41) is 70.6. The summed E-state index contributed by atoms with van der Waals surface area (Å²) in [7, 11) is 0. The molecule has 2 aromatic heterocycles. The molecule has 3 aliphatic rings. The highest BCUT2D eigenvalue weighted by Crippen LogP contribution is 2.12. The fourth-order valence-corrected chi connectivity index (χ4v) is 7.39. The van der Waals surface area contributed by atoms with Gasteiger partial charge < -0.3 is 51.1 Å². The van der Waals surface area contributed by atoms with Crippen LogP contribution in [0.4, 0.5) is 4.79 Å². The van der Waals surface area contributed by atoms with Crippen LogP contribution in [-0.4, -0.2) is 166 Å². The van der Waals surface area contributed by atoms with Gasteiger partial charge in [0.15, 0.2) is 21.5 Å². The highest BCUT2D eigenvalue weighted by Gasteiger charge is 2.25. The monoisotopic (exact) mass is 1030 g/mol. The second-order valence-electron chi connectivity index (χ2n) is 16.5. The molecule has 0 saturated carbocycles. The molecule has 27 heteroatoms. The van der Waals surface area contributed by atoms with E-state index in [0.29, 0.717) is 41.6 Å². The number of alkyl carbamates (subject to hydrolysis) is 1. The number of ether oxygens (including phenoxy) is 1. The highest BCUT2D eigenvalue weighted by molar-refractivity contribution is 7.80. The van der Waals surface area contributed by atoms with Gasteiger partial charge in [-0.3, -0.25) is 40.6 Å². The SMILES string of the molecule is CC(C)(C)OC(=O)NCCCC[C@H]1C[NH+]=C(O)c2ccc(c(=S)n2O)C(=O)NCCCN(C(=O)CC(=S)NO)CCCCN(C(=O)CC(=S)NO)CCC[NH+]=C(O)c2ccc(n(O)c2=S)C(=O)N1. The van der Waals surface area contributed by atoms with Gasteiger partial charge in [0.2, 0.25) is 11.8 Å². The first-order valence-electron chi connectivity index (χ1n) is 21.7. The minimum atomic E-state index is -0.779. The number of nitrogens with zero attached hydrogens (tertiary/aromatic N) is 4. The van der Waals surface area contributed by atoms with Gasteiger partial charge in [-0.2, -0.15) is 9.46 Å². The van der Waals surface area contributed by atoms with E-state index in [1.54, 1.807) is 31.7 Å². The van der Waals surface area contributed by atoms with Crippen LogP contribution in [0.3, 0.4) is 0 Å². The molecule has 2 aromatic rings. The first-order chi connectivity index (χ1) is 32.2. The Balaban J connectivity index is 1.97. The number of hydrogen-bond acceptors (Lipinski definition) is 14. The number of carbonyl (C=O) groups excluding carboxylic acids is 5. The van der Waals surface area contributed by atoms with Gasteiger partial charge in [-0.05, 0) is 83.6 Å². The van der Waals surface area contributed by atoms with E-state index in [4.69, 9.17) is 53.6 Å². The third-order valence-electron chi connectivity index (χ3n) is 10.1. The number of rotatable bonds is 9. The summed E-state index contributed by atoms with van der Waals surface area (Å²) < 4.78 is 5.48. The molecule has 0 aromatic carbocycles. The van der Waals surface area contributed by atoms with Gasteiger partial charge in [0, 0.05) is 45.7 Å². The molecule has 13 N–H and O–H groups in total. The number of aliphatic hydroxyl groups is 2. The summed E-state index contributed by atoms with van der Waals surface area (Å²) in [6.45, 7) is 6.33. The number of nitrogens with one attached hydrogen (secondary N) is 7. The summed E-state index contributed by atoms with van der Waals surface area (Å²) >= 11 is 20.7. The van der Waals surface area contributed by atoms with Crippen molar-refractivity contribution in [3.05, 3.63) is 56.1 Å². The molecule has 1 atom stereocenters. The molecule has 0 aliphatic carbocycles. The van der Waals surface area contributed by atoms with E-state index >= 15 is 0 Å². The second-order valence-corrected chi connectivity index (χ2v) is 18.2. The Morgan fingerprint density at radius 3 is 1.91 bits per heavy atom. The molecule has 5 rings (SSSR count). The van der Waals surface area contributed by atoms with Crippen LogP contribution in [0.5, 0.6) is 0 Å². The number of fused-ring (bicyclic) bond motifs is 2. The standard InChI is InChI=1S/C41H59N11O12S4/c1-41(2,3)64-40(59)44-15-5-4-10-25-24-45-36(57)28-13-11-26(38(67)51(28)62)34(55)42-16-8-20-49(32(53)22-30(65)47-60)18-6-7-19-50(33(54)23-31(66)48-61)21-9-17-43-35(56)27-12-14-29(37(58)46-25)52(63)39(27)68/h11-14,25,60-63H,4-10,15-24H2,1-3H3,(H,42,55)(H,43,56)(H,44,59)(H,45,57)(H,46,58)(H,47,65)(H,48,66)/p+2/t25-/m0/s1. The number of aromatic nitrogens is 2. The fraction of sp³-hybridized carbons (Fsp3) is 0.537. The van der Waals surface area contributed by atoms with Gasteiger partial charge in [-0.1, -0.05) is 48.9 Å². The zero-order valence-electron chi connectivity index (χ0n) is 38.0. The summed E-state index contributed by atoms with van der Waals surface area (Å²) in [4.78, 5) is 73.7. The molecule has 0 unspecified atom stereocenters. The topological polar surface area (TPSA) is 320 Å². The first-order valence-corrected chi connectivity index (χ1v) is 23.3. The Morgan fingerprint density at radius 2 is 1.31 bits per heavy atom. The summed E-state index contributed by atoms with van der Waals surface area (Å²) in [5.41, 5.74) is 2.28. The van der Waals surface area contributed by atoms with Crippen molar-refractivity contribution in [3.63, 3.8) is 0 Å². The molecule has 3 aliphatic heterocycles. The smallest absolute Gasteiger partial charge is 0.407 e. The number of hydrogen-bond donors (Lipinski definition) is 13. The van der Waals surface area contributed by atoms with Gasteiger partial charge in [0.25, 0.3) is 11.8 Å². The summed E-state index contributed by atoms with van der Waals surface area (Å²) in [5.74, 6) is -3.20. The van der Waals surface area contributed by atoms with Crippen molar-refractivity contribution in [2.24, 2.45) is 0 Å².